The third-order valence-electron chi connectivity index (χ3n) is 3.30. The van der Waals surface area contributed by atoms with Gasteiger partial charge in [0.1, 0.15) is 0 Å². The zero-order valence-electron chi connectivity index (χ0n) is 10.6. The van der Waals surface area contributed by atoms with Crippen LogP contribution in [-0.4, -0.2) is 25.5 Å². The standard InChI is InChI=1S/C13H26N2O/c1-2-9-14-11-13(16)15-10-5-8-12-6-3-4-7-12/h12,14H,2-11H2,1H3,(H,15,16). The predicted molar refractivity (Wildman–Crippen MR) is 67.4 cm³/mol. The third-order valence-corrected chi connectivity index (χ3v) is 3.30. The van der Waals surface area contributed by atoms with Crippen LogP contribution in [0.5, 0.6) is 0 Å². The number of amides is 1. The van der Waals surface area contributed by atoms with Crippen LogP contribution in [0.4, 0.5) is 0 Å². The third kappa shape index (κ3) is 6.11. The molecule has 16 heavy (non-hydrogen) atoms. The smallest absolute Gasteiger partial charge is 0.233 e. The lowest BCUT2D eigenvalue weighted by Crippen LogP contribution is -2.34. The normalized spacial score (nSPS) is 16.6. The molecule has 0 aromatic carbocycles. The number of hydrogen-bond donors (Lipinski definition) is 2. The van der Waals surface area contributed by atoms with E-state index < -0.39 is 0 Å². The molecule has 1 saturated carbocycles. The van der Waals surface area contributed by atoms with E-state index in [-0.39, 0.29) is 5.91 Å². The van der Waals surface area contributed by atoms with E-state index >= 15 is 0 Å². The van der Waals surface area contributed by atoms with Gasteiger partial charge in [0.15, 0.2) is 0 Å². The quantitative estimate of drug-likeness (QED) is 0.622. The first-order chi connectivity index (χ1) is 7.83. The largest absolute Gasteiger partial charge is 0.355 e. The van der Waals surface area contributed by atoms with Gasteiger partial charge in [0.2, 0.25) is 5.91 Å². The lowest BCUT2D eigenvalue weighted by molar-refractivity contribution is -0.120. The Hall–Kier alpha value is -0.570. The van der Waals surface area contributed by atoms with Gasteiger partial charge < -0.3 is 10.6 Å². The van der Waals surface area contributed by atoms with Gasteiger partial charge >= 0.3 is 0 Å². The molecule has 1 aliphatic carbocycles. The molecule has 0 spiro atoms. The van der Waals surface area contributed by atoms with Crippen LogP contribution in [0.1, 0.15) is 51.9 Å². The van der Waals surface area contributed by atoms with E-state index in [1.54, 1.807) is 0 Å². The number of nitrogens with one attached hydrogen (secondary N) is 2. The summed E-state index contributed by atoms with van der Waals surface area (Å²) in [6.45, 7) is 4.35. The van der Waals surface area contributed by atoms with Crippen molar-refractivity contribution in [3.8, 4) is 0 Å². The zero-order valence-corrected chi connectivity index (χ0v) is 10.6. The molecule has 0 saturated heterocycles. The molecular formula is C13H26N2O. The van der Waals surface area contributed by atoms with Gasteiger partial charge in [-0.15, -0.1) is 0 Å². The van der Waals surface area contributed by atoms with Gasteiger partial charge in [0.25, 0.3) is 0 Å². The molecule has 1 rings (SSSR count). The second-order valence-electron chi connectivity index (χ2n) is 4.82. The Bertz CT molecular complexity index is 188. The Morgan fingerprint density at radius 3 is 2.69 bits per heavy atom. The second kappa shape index (κ2) is 8.57. The molecule has 0 bridgehead atoms. The minimum Gasteiger partial charge on any atom is -0.355 e. The Morgan fingerprint density at radius 1 is 1.25 bits per heavy atom. The highest BCUT2D eigenvalue weighted by molar-refractivity contribution is 5.77. The maximum absolute atomic E-state index is 11.3. The van der Waals surface area contributed by atoms with E-state index in [2.05, 4.69) is 17.6 Å². The fourth-order valence-electron chi connectivity index (χ4n) is 2.36. The van der Waals surface area contributed by atoms with Crippen LogP contribution < -0.4 is 10.6 Å². The van der Waals surface area contributed by atoms with Crippen LogP contribution in [0.25, 0.3) is 0 Å². The summed E-state index contributed by atoms with van der Waals surface area (Å²) in [6, 6.07) is 0. The van der Waals surface area contributed by atoms with Crippen molar-refractivity contribution in [3.05, 3.63) is 0 Å². The lowest BCUT2D eigenvalue weighted by atomic mass is 10.0. The van der Waals surface area contributed by atoms with Crippen molar-refractivity contribution in [2.24, 2.45) is 5.92 Å². The van der Waals surface area contributed by atoms with E-state index in [4.69, 9.17) is 0 Å². The molecule has 2 N–H and O–H groups in total. The molecule has 94 valence electrons. The highest BCUT2D eigenvalue weighted by atomic mass is 16.1. The van der Waals surface area contributed by atoms with Crippen LogP contribution in [0, 0.1) is 5.92 Å². The first kappa shape index (κ1) is 13.5. The Labute approximate surface area is 99.4 Å². The van der Waals surface area contributed by atoms with Crippen molar-refractivity contribution in [1.82, 2.24) is 10.6 Å². The molecule has 3 heteroatoms. The Balaban J connectivity index is 1.87. The summed E-state index contributed by atoms with van der Waals surface area (Å²) in [5.74, 6) is 1.08. The second-order valence-corrected chi connectivity index (χ2v) is 4.82. The predicted octanol–water partition coefficient (Wildman–Crippen LogP) is 2.07. The number of carbonyl (C=O) groups excluding carboxylic acids is 1. The van der Waals surface area contributed by atoms with Crippen LogP contribution >= 0.6 is 0 Å². The minimum absolute atomic E-state index is 0.139. The van der Waals surface area contributed by atoms with E-state index in [9.17, 15) is 4.79 Å². The average molecular weight is 226 g/mol. The Kier molecular flexibility index (Phi) is 7.23. The van der Waals surface area contributed by atoms with Crippen LogP contribution in [0.2, 0.25) is 0 Å². The van der Waals surface area contributed by atoms with Crippen molar-refractivity contribution in [3.63, 3.8) is 0 Å². The van der Waals surface area contributed by atoms with Gasteiger partial charge in [-0.05, 0) is 31.7 Å². The Morgan fingerprint density at radius 2 is 2.00 bits per heavy atom. The van der Waals surface area contributed by atoms with Crippen molar-refractivity contribution in [2.45, 2.75) is 51.9 Å². The molecule has 0 radical (unpaired) electrons. The summed E-state index contributed by atoms with van der Waals surface area (Å²) in [6.07, 6.45) is 9.16. The molecule has 3 nitrogen and oxygen atoms in total. The maximum Gasteiger partial charge on any atom is 0.233 e. The molecular weight excluding hydrogens is 200 g/mol. The summed E-state index contributed by atoms with van der Waals surface area (Å²) in [4.78, 5) is 11.3. The monoisotopic (exact) mass is 226 g/mol. The van der Waals surface area contributed by atoms with Gasteiger partial charge in [-0.2, -0.15) is 0 Å². The molecule has 0 aromatic heterocycles. The molecule has 0 unspecified atom stereocenters. The first-order valence-electron chi connectivity index (χ1n) is 6.80. The molecule has 0 heterocycles. The summed E-state index contributed by atoms with van der Waals surface area (Å²) in [7, 11) is 0. The number of carbonyl (C=O) groups is 1. The highest BCUT2D eigenvalue weighted by Gasteiger charge is 2.13. The molecule has 0 aliphatic heterocycles. The van der Waals surface area contributed by atoms with Crippen molar-refractivity contribution in [2.75, 3.05) is 19.6 Å². The molecule has 1 fully saturated rings. The van der Waals surface area contributed by atoms with Crippen molar-refractivity contribution in [1.29, 1.82) is 0 Å². The lowest BCUT2D eigenvalue weighted by Gasteiger charge is -2.09. The zero-order chi connectivity index (χ0) is 11.6. The van der Waals surface area contributed by atoms with E-state index in [0.29, 0.717) is 6.54 Å². The molecule has 1 amide bonds. The molecule has 0 atom stereocenters. The summed E-state index contributed by atoms with van der Waals surface area (Å²) in [5.41, 5.74) is 0. The minimum atomic E-state index is 0.139. The molecule has 0 aromatic rings. The van der Waals surface area contributed by atoms with Gasteiger partial charge in [0, 0.05) is 6.54 Å². The van der Waals surface area contributed by atoms with Gasteiger partial charge in [-0.25, -0.2) is 0 Å². The fourth-order valence-corrected chi connectivity index (χ4v) is 2.36. The maximum atomic E-state index is 11.3. The molecule has 1 aliphatic rings. The van der Waals surface area contributed by atoms with Crippen LogP contribution in [-0.2, 0) is 4.79 Å². The average Bonchev–Trinajstić information content (AvgIpc) is 2.78. The topological polar surface area (TPSA) is 41.1 Å². The van der Waals surface area contributed by atoms with Crippen molar-refractivity contribution < 1.29 is 4.79 Å². The van der Waals surface area contributed by atoms with Gasteiger partial charge in [-0.1, -0.05) is 32.6 Å². The van der Waals surface area contributed by atoms with E-state index in [1.807, 2.05) is 0 Å². The summed E-state index contributed by atoms with van der Waals surface area (Å²) >= 11 is 0. The number of rotatable bonds is 8. The van der Waals surface area contributed by atoms with Gasteiger partial charge in [-0.3, -0.25) is 4.79 Å². The highest BCUT2D eigenvalue weighted by Crippen LogP contribution is 2.28. The fraction of sp³-hybridized carbons (Fsp3) is 0.923. The number of hydrogen-bond acceptors (Lipinski definition) is 2. The summed E-state index contributed by atoms with van der Waals surface area (Å²) in [5, 5.41) is 6.07. The first-order valence-corrected chi connectivity index (χ1v) is 6.80. The van der Waals surface area contributed by atoms with Crippen LogP contribution in [0.3, 0.4) is 0 Å². The van der Waals surface area contributed by atoms with Crippen molar-refractivity contribution >= 4 is 5.91 Å². The van der Waals surface area contributed by atoms with Gasteiger partial charge in [0.05, 0.1) is 6.54 Å². The van der Waals surface area contributed by atoms with E-state index in [1.165, 1.54) is 32.1 Å². The summed E-state index contributed by atoms with van der Waals surface area (Å²) < 4.78 is 0. The van der Waals surface area contributed by atoms with E-state index in [0.717, 1.165) is 31.8 Å². The van der Waals surface area contributed by atoms with Crippen LogP contribution in [0.15, 0.2) is 0 Å². The SMILES string of the molecule is CCCNCC(=O)NCCCC1CCCC1.